The summed E-state index contributed by atoms with van der Waals surface area (Å²) in [4.78, 5) is 10.2. The number of halogens is 1. The maximum Gasteiger partial charge on any atom is 0.143 e. The number of ether oxygens (including phenoxy) is 2. The number of nitrogens with zero attached hydrogens (tertiary/aromatic N) is 2. The van der Waals surface area contributed by atoms with Gasteiger partial charge < -0.3 is 14.8 Å². The largest absolute Gasteiger partial charge is 0.497 e. The number of hydrogen-bond acceptors (Lipinski definition) is 6. The van der Waals surface area contributed by atoms with Gasteiger partial charge in [0.05, 0.1) is 24.6 Å². The van der Waals surface area contributed by atoms with Crippen molar-refractivity contribution in [2.75, 3.05) is 19.5 Å². The molecule has 0 aliphatic rings. The minimum absolute atomic E-state index is 0.537. The van der Waals surface area contributed by atoms with Gasteiger partial charge in [-0.25, -0.2) is 9.97 Å². The molecule has 4 aromatic rings. The molecule has 142 valence electrons. The van der Waals surface area contributed by atoms with Crippen molar-refractivity contribution in [3.8, 4) is 22.6 Å². The minimum atomic E-state index is 0.537. The first kappa shape index (κ1) is 18.5. The van der Waals surface area contributed by atoms with Crippen LogP contribution in [0.3, 0.4) is 0 Å². The van der Waals surface area contributed by atoms with E-state index in [0.717, 1.165) is 38.6 Å². The highest BCUT2D eigenvalue weighted by molar-refractivity contribution is 7.17. The van der Waals surface area contributed by atoms with E-state index < -0.39 is 0 Å². The van der Waals surface area contributed by atoms with Crippen molar-refractivity contribution in [2.24, 2.45) is 0 Å². The number of benzene rings is 2. The number of nitrogens with one attached hydrogen (secondary N) is 1. The van der Waals surface area contributed by atoms with Crippen LogP contribution in [0.1, 0.15) is 5.82 Å². The molecule has 4 rings (SSSR count). The van der Waals surface area contributed by atoms with Gasteiger partial charge >= 0.3 is 0 Å². The molecule has 0 aliphatic carbocycles. The molecule has 0 atom stereocenters. The van der Waals surface area contributed by atoms with Gasteiger partial charge in [-0.3, -0.25) is 0 Å². The highest BCUT2D eigenvalue weighted by Crippen LogP contribution is 2.39. The van der Waals surface area contributed by atoms with E-state index in [4.69, 9.17) is 21.1 Å². The average molecular weight is 412 g/mol. The van der Waals surface area contributed by atoms with Crippen LogP contribution < -0.4 is 14.8 Å². The lowest BCUT2D eigenvalue weighted by Crippen LogP contribution is -1.98. The zero-order valence-electron chi connectivity index (χ0n) is 15.6. The molecule has 0 bridgehead atoms. The second-order valence-corrected chi connectivity index (χ2v) is 7.42. The molecule has 28 heavy (non-hydrogen) atoms. The first-order chi connectivity index (χ1) is 13.6. The molecule has 2 aromatic carbocycles. The van der Waals surface area contributed by atoms with Crippen LogP contribution in [0.2, 0.25) is 5.02 Å². The average Bonchev–Trinajstić information content (AvgIpc) is 3.12. The van der Waals surface area contributed by atoms with E-state index in [1.54, 1.807) is 25.6 Å². The monoisotopic (exact) mass is 411 g/mol. The molecule has 0 saturated heterocycles. The highest BCUT2D eigenvalue weighted by Gasteiger charge is 2.15. The summed E-state index contributed by atoms with van der Waals surface area (Å²) in [5.41, 5.74) is 2.98. The topological polar surface area (TPSA) is 56.3 Å². The molecule has 0 amide bonds. The highest BCUT2D eigenvalue weighted by atomic mass is 35.5. The standard InChI is InChI=1S/C21H18ClN3O2S/c1-12-23-20(25-14-6-9-18(27-3)17(22)10-14)19-16(11-28-21(19)24-12)13-4-7-15(26-2)8-5-13/h4-11H,1-3H3,(H,23,24,25). The first-order valence-corrected chi connectivity index (χ1v) is 9.85. The number of hydrogen-bond donors (Lipinski definition) is 1. The van der Waals surface area contributed by atoms with Crippen LogP contribution in [0, 0.1) is 6.92 Å². The summed E-state index contributed by atoms with van der Waals surface area (Å²) >= 11 is 7.87. The van der Waals surface area contributed by atoms with Crippen molar-refractivity contribution in [1.82, 2.24) is 9.97 Å². The van der Waals surface area contributed by atoms with Crippen LogP contribution in [0.15, 0.2) is 47.8 Å². The summed E-state index contributed by atoms with van der Waals surface area (Å²) in [7, 11) is 3.26. The Morgan fingerprint density at radius 3 is 2.46 bits per heavy atom. The minimum Gasteiger partial charge on any atom is -0.497 e. The molecule has 0 radical (unpaired) electrons. The van der Waals surface area contributed by atoms with Gasteiger partial charge in [0.1, 0.15) is 28.0 Å². The lowest BCUT2D eigenvalue weighted by molar-refractivity contribution is 0.415. The Morgan fingerprint density at radius 2 is 1.79 bits per heavy atom. The zero-order valence-corrected chi connectivity index (χ0v) is 17.2. The van der Waals surface area contributed by atoms with Crippen molar-refractivity contribution in [3.63, 3.8) is 0 Å². The van der Waals surface area contributed by atoms with Gasteiger partial charge in [0, 0.05) is 16.6 Å². The predicted molar refractivity (Wildman–Crippen MR) is 115 cm³/mol. The molecular formula is C21H18ClN3O2S. The third kappa shape index (κ3) is 3.48. The van der Waals surface area contributed by atoms with Crippen LogP contribution >= 0.6 is 22.9 Å². The summed E-state index contributed by atoms with van der Waals surface area (Å²) in [6.45, 7) is 1.89. The molecule has 2 heterocycles. The van der Waals surface area contributed by atoms with E-state index in [1.807, 2.05) is 49.4 Å². The number of aromatic nitrogens is 2. The quantitative estimate of drug-likeness (QED) is 0.431. The molecule has 5 nitrogen and oxygen atoms in total. The van der Waals surface area contributed by atoms with E-state index >= 15 is 0 Å². The van der Waals surface area contributed by atoms with Crippen molar-refractivity contribution in [1.29, 1.82) is 0 Å². The second kappa shape index (κ2) is 7.66. The summed E-state index contributed by atoms with van der Waals surface area (Å²) in [5, 5.41) is 7.01. The van der Waals surface area contributed by atoms with Crippen LogP contribution in [-0.4, -0.2) is 24.2 Å². The fourth-order valence-corrected chi connectivity index (χ4v) is 4.25. The molecule has 0 unspecified atom stereocenters. The van der Waals surface area contributed by atoms with E-state index in [0.29, 0.717) is 16.6 Å². The lowest BCUT2D eigenvalue weighted by Gasteiger charge is -2.11. The second-order valence-electron chi connectivity index (χ2n) is 6.15. The Hall–Kier alpha value is -2.83. The SMILES string of the molecule is COc1ccc(-c2csc3nc(C)nc(Nc4ccc(OC)c(Cl)c4)c23)cc1. The van der Waals surface area contributed by atoms with Crippen LogP contribution in [0.4, 0.5) is 11.5 Å². The fraction of sp³-hybridized carbons (Fsp3) is 0.143. The van der Waals surface area contributed by atoms with Crippen molar-refractivity contribution >= 4 is 44.7 Å². The molecule has 0 fully saturated rings. The number of anilines is 2. The zero-order chi connectivity index (χ0) is 19.7. The number of rotatable bonds is 5. The smallest absolute Gasteiger partial charge is 0.143 e. The summed E-state index contributed by atoms with van der Waals surface area (Å²) in [6, 6.07) is 13.5. The number of methoxy groups -OCH3 is 2. The maximum absolute atomic E-state index is 6.27. The van der Waals surface area contributed by atoms with E-state index in [1.165, 1.54) is 0 Å². The third-order valence-corrected chi connectivity index (χ3v) is 5.53. The van der Waals surface area contributed by atoms with Gasteiger partial charge in [-0.2, -0.15) is 0 Å². The van der Waals surface area contributed by atoms with E-state index in [2.05, 4.69) is 20.7 Å². The van der Waals surface area contributed by atoms with Crippen LogP contribution in [0.5, 0.6) is 11.5 Å². The van der Waals surface area contributed by atoms with Gasteiger partial charge in [-0.15, -0.1) is 11.3 Å². The number of aryl methyl sites for hydroxylation is 1. The molecular weight excluding hydrogens is 394 g/mol. The number of fused-ring (bicyclic) bond motifs is 1. The van der Waals surface area contributed by atoms with Gasteiger partial charge in [0.25, 0.3) is 0 Å². The fourth-order valence-electron chi connectivity index (χ4n) is 3.00. The van der Waals surface area contributed by atoms with E-state index in [9.17, 15) is 0 Å². The Labute approximate surface area is 171 Å². The predicted octanol–water partition coefficient (Wildman–Crippen LogP) is 6.08. The summed E-state index contributed by atoms with van der Waals surface area (Å²) < 4.78 is 10.5. The maximum atomic E-state index is 6.27. The lowest BCUT2D eigenvalue weighted by atomic mass is 10.1. The molecule has 1 N–H and O–H groups in total. The molecule has 0 saturated carbocycles. The first-order valence-electron chi connectivity index (χ1n) is 8.60. The Morgan fingerprint density at radius 1 is 1.00 bits per heavy atom. The normalized spacial score (nSPS) is 10.9. The Bertz CT molecular complexity index is 1140. The molecule has 0 spiro atoms. The van der Waals surface area contributed by atoms with Crippen molar-refractivity contribution < 1.29 is 9.47 Å². The van der Waals surface area contributed by atoms with Gasteiger partial charge in [0.2, 0.25) is 0 Å². The Balaban J connectivity index is 1.81. The summed E-state index contributed by atoms with van der Waals surface area (Å²) in [6.07, 6.45) is 0. The molecule has 7 heteroatoms. The summed E-state index contributed by atoms with van der Waals surface area (Å²) in [5.74, 6) is 2.90. The van der Waals surface area contributed by atoms with Gasteiger partial charge in [-0.1, -0.05) is 23.7 Å². The number of thiophene rings is 1. The van der Waals surface area contributed by atoms with Crippen LogP contribution in [-0.2, 0) is 0 Å². The molecule has 0 aliphatic heterocycles. The van der Waals surface area contributed by atoms with Crippen molar-refractivity contribution in [2.45, 2.75) is 6.92 Å². The van der Waals surface area contributed by atoms with Crippen LogP contribution in [0.25, 0.3) is 21.3 Å². The van der Waals surface area contributed by atoms with Crippen molar-refractivity contribution in [3.05, 3.63) is 58.7 Å². The van der Waals surface area contributed by atoms with E-state index in [-0.39, 0.29) is 0 Å². The third-order valence-electron chi connectivity index (χ3n) is 4.36. The Kier molecular flexibility index (Phi) is 5.07. The molecule has 2 aromatic heterocycles. The van der Waals surface area contributed by atoms with Gasteiger partial charge in [-0.05, 0) is 42.8 Å². The van der Waals surface area contributed by atoms with Gasteiger partial charge in [0.15, 0.2) is 0 Å².